The molecular weight excluding hydrogens is 791 g/mol. The summed E-state index contributed by atoms with van der Waals surface area (Å²) < 4.78 is 47.5. The van der Waals surface area contributed by atoms with Gasteiger partial charge in [0.1, 0.15) is 30.5 Å². The zero-order valence-electron chi connectivity index (χ0n) is 37.6. The lowest BCUT2D eigenvalue weighted by Gasteiger charge is -2.41. The van der Waals surface area contributed by atoms with E-state index in [1.54, 1.807) is 6.08 Å². The van der Waals surface area contributed by atoms with Crippen LogP contribution in [-0.2, 0) is 28.9 Å². The van der Waals surface area contributed by atoms with Crippen LogP contribution in [0.3, 0.4) is 0 Å². The number of amides is 1. The van der Waals surface area contributed by atoms with Gasteiger partial charge in [0.15, 0.2) is 6.29 Å². The molecule has 0 spiro atoms. The predicted octanol–water partition coefficient (Wildman–Crippen LogP) is 8.53. The first kappa shape index (κ1) is 56.8. The molecule has 0 radical (unpaired) electrons. The molecule has 60 heavy (non-hydrogen) atoms. The summed E-state index contributed by atoms with van der Waals surface area (Å²) >= 11 is 0. The molecule has 356 valence electrons. The van der Waals surface area contributed by atoms with E-state index in [1.807, 2.05) is 6.08 Å². The Morgan fingerprint density at radius 1 is 0.667 bits per heavy atom. The molecule has 1 rings (SSSR count). The number of hydrogen-bond donors (Lipinski definition) is 7. The number of rotatable bonds is 41. The van der Waals surface area contributed by atoms with Gasteiger partial charge < -0.3 is 40.3 Å². The summed E-state index contributed by atoms with van der Waals surface area (Å²) in [6, 6.07) is -1.11. The van der Waals surface area contributed by atoms with Gasteiger partial charge in [0.25, 0.3) is 0 Å². The molecule has 7 N–H and O–H groups in total. The Hall–Kier alpha value is -1.20. The van der Waals surface area contributed by atoms with Gasteiger partial charge in [-0.15, -0.1) is 0 Å². The van der Waals surface area contributed by atoms with Crippen LogP contribution in [0.5, 0.6) is 0 Å². The van der Waals surface area contributed by atoms with Crippen molar-refractivity contribution in [2.24, 2.45) is 0 Å². The number of ether oxygens (including phenoxy) is 2. The number of aliphatic hydroxyl groups excluding tert-OH is 5. The first-order valence-corrected chi connectivity index (χ1v) is 25.5. The van der Waals surface area contributed by atoms with Crippen LogP contribution >= 0.6 is 0 Å². The van der Waals surface area contributed by atoms with Gasteiger partial charge in [-0.25, -0.2) is 4.18 Å². The summed E-state index contributed by atoms with van der Waals surface area (Å²) in [4.78, 5) is 13.1. The number of carbonyl (C=O) groups excluding carboxylic acids is 1. The van der Waals surface area contributed by atoms with Crippen molar-refractivity contribution in [1.82, 2.24) is 5.32 Å². The van der Waals surface area contributed by atoms with E-state index < -0.39 is 78.5 Å². The van der Waals surface area contributed by atoms with Crippen LogP contribution in [0.15, 0.2) is 12.2 Å². The maximum absolute atomic E-state index is 13.1. The number of aliphatic hydroxyl groups is 5. The molecule has 14 heteroatoms. The highest BCUT2D eigenvalue weighted by Gasteiger charge is 2.48. The number of unbranched alkanes of at least 4 members (excludes halogenated alkanes) is 28. The third-order valence-electron chi connectivity index (χ3n) is 11.7. The normalized spacial score (nSPS) is 21.4. The second-order valence-corrected chi connectivity index (χ2v) is 18.2. The second-order valence-electron chi connectivity index (χ2n) is 17.2. The Morgan fingerprint density at radius 3 is 1.50 bits per heavy atom. The van der Waals surface area contributed by atoms with E-state index in [0.29, 0.717) is 12.8 Å². The molecule has 0 aromatic rings. The van der Waals surface area contributed by atoms with Crippen molar-refractivity contribution < 1.29 is 57.0 Å². The summed E-state index contributed by atoms with van der Waals surface area (Å²) in [7, 11) is -5.11. The fourth-order valence-electron chi connectivity index (χ4n) is 7.81. The van der Waals surface area contributed by atoms with Crippen LogP contribution in [0.4, 0.5) is 0 Å². The van der Waals surface area contributed by atoms with Crippen molar-refractivity contribution >= 4 is 16.3 Å². The molecule has 0 saturated carbocycles. The minimum Gasteiger partial charge on any atom is -0.394 e. The van der Waals surface area contributed by atoms with Crippen molar-refractivity contribution in [1.29, 1.82) is 0 Å². The minimum atomic E-state index is -5.11. The Kier molecular flexibility index (Phi) is 35.2. The Morgan fingerprint density at radius 2 is 1.08 bits per heavy atom. The van der Waals surface area contributed by atoms with E-state index in [-0.39, 0.29) is 6.42 Å². The van der Waals surface area contributed by atoms with E-state index in [2.05, 4.69) is 23.3 Å². The molecule has 8 unspecified atom stereocenters. The smallest absolute Gasteiger partial charge is 0.394 e. The van der Waals surface area contributed by atoms with Crippen LogP contribution in [0, 0.1) is 0 Å². The van der Waals surface area contributed by atoms with Crippen molar-refractivity contribution in [2.75, 3.05) is 13.2 Å². The molecule has 1 amide bonds. The van der Waals surface area contributed by atoms with Crippen LogP contribution in [0.1, 0.15) is 213 Å². The Balaban J connectivity index is 2.57. The summed E-state index contributed by atoms with van der Waals surface area (Å²) in [5.41, 5.74) is 0. The fourth-order valence-corrected chi connectivity index (χ4v) is 8.32. The van der Waals surface area contributed by atoms with Gasteiger partial charge in [-0.3, -0.25) is 9.35 Å². The fraction of sp³-hybridized carbons (Fsp3) is 0.935. The van der Waals surface area contributed by atoms with E-state index in [0.717, 1.165) is 38.5 Å². The van der Waals surface area contributed by atoms with Gasteiger partial charge in [-0.1, -0.05) is 206 Å². The van der Waals surface area contributed by atoms with Gasteiger partial charge >= 0.3 is 10.4 Å². The van der Waals surface area contributed by atoms with Crippen molar-refractivity contribution in [3.63, 3.8) is 0 Å². The van der Waals surface area contributed by atoms with E-state index in [9.17, 15) is 43.3 Å². The highest BCUT2D eigenvalue weighted by molar-refractivity contribution is 7.80. The highest BCUT2D eigenvalue weighted by atomic mass is 32.3. The molecule has 0 bridgehead atoms. The summed E-state index contributed by atoms with van der Waals surface area (Å²) in [5, 5.41) is 55.2. The molecule has 8 atom stereocenters. The summed E-state index contributed by atoms with van der Waals surface area (Å²) in [5.74, 6) is -0.700. The Labute approximate surface area is 364 Å². The van der Waals surface area contributed by atoms with Gasteiger partial charge in [-0.2, -0.15) is 8.42 Å². The van der Waals surface area contributed by atoms with Gasteiger partial charge in [-0.05, 0) is 19.3 Å². The number of carbonyl (C=O) groups is 1. The third kappa shape index (κ3) is 29.2. The van der Waals surface area contributed by atoms with Crippen molar-refractivity contribution in [3.8, 4) is 0 Å². The maximum atomic E-state index is 13.1. The van der Waals surface area contributed by atoms with E-state index in [4.69, 9.17) is 9.47 Å². The van der Waals surface area contributed by atoms with Crippen LogP contribution in [0.2, 0.25) is 0 Å². The SMILES string of the molecule is CCCCCCCCCCCCCCCCC/C=C/C(O)C(COC1OC(CO)C(O)C(OS(=O)(=O)O)C1O)NC(=O)C(O)CCCCCCCCCCCCCCCC. The molecule has 0 aliphatic carbocycles. The number of nitrogens with one attached hydrogen (secondary N) is 1. The summed E-state index contributed by atoms with van der Waals surface area (Å²) in [6.45, 7) is 3.23. The van der Waals surface area contributed by atoms with Crippen LogP contribution in [-0.4, -0.2) is 107 Å². The third-order valence-corrected chi connectivity index (χ3v) is 12.1. The van der Waals surface area contributed by atoms with E-state index >= 15 is 0 Å². The van der Waals surface area contributed by atoms with Crippen molar-refractivity contribution in [2.45, 2.75) is 262 Å². The zero-order valence-corrected chi connectivity index (χ0v) is 38.5. The molecule has 1 aliphatic heterocycles. The van der Waals surface area contributed by atoms with Gasteiger partial charge in [0.05, 0.1) is 25.4 Å². The maximum Gasteiger partial charge on any atom is 0.397 e. The molecule has 1 fully saturated rings. The quantitative estimate of drug-likeness (QED) is 0.0175. The lowest BCUT2D eigenvalue weighted by Crippen LogP contribution is -2.61. The minimum absolute atomic E-state index is 0.248. The lowest BCUT2D eigenvalue weighted by molar-refractivity contribution is -0.298. The first-order chi connectivity index (χ1) is 28.9. The number of hydrogen-bond acceptors (Lipinski definition) is 11. The predicted molar refractivity (Wildman–Crippen MR) is 238 cm³/mol. The monoisotopic (exact) mass is 880 g/mol. The van der Waals surface area contributed by atoms with Gasteiger partial charge in [0.2, 0.25) is 5.91 Å². The molecule has 1 aliphatic rings. The lowest BCUT2D eigenvalue weighted by atomic mass is 9.99. The Bertz CT molecular complexity index is 1140. The average Bonchev–Trinajstić information content (AvgIpc) is 3.22. The average molecular weight is 880 g/mol. The zero-order chi connectivity index (χ0) is 44.3. The molecule has 0 aromatic heterocycles. The van der Waals surface area contributed by atoms with E-state index in [1.165, 1.54) is 141 Å². The topological polar surface area (TPSA) is 212 Å². The molecular formula is C46H89NO12S. The van der Waals surface area contributed by atoms with Crippen LogP contribution < -0.4 is 5.32 Å². The van der Waals surface area contributed by atoms with Crippen LogP contribution in [0.25, 0.3) is 0 Å². The molecule has 1 saturated heterocycles. The number of allylic oxidation sites excluding steroid dienone is 1. The molecule has 0 aromatic carbocycles. The summed E-state index contributed by atoms with van der Waals surface area (Å²) in [6.07, 6.45) is 28.6. The first-order valence-electron chi connectivity index (χ1n) is 24.2. The van der Waals surface area contributed by atoms with Crippen molar-refractivity contribution in [3.05, 3.63) is 12.2 Å². The molecule has 13 nitrogen and oxygen atoms in total. The standard InChI is InChI=1S/C46H89NO12S/c1-3-5-7-9-11-13-15-17-19-20-21-23-24-26-28-30-32-34-39(49)38(37-57-46-43(52)44(59-60(54,55)56)42(51)41(36-48)58-46)47-45(53)40(50)35-33-31-29-27-25-22-18-16-14-12-10-8-6-4-2/h32,34,38-44,46,48-52H,3-31,33,35-37H2,1-2H3,(H,47,53)(H,54,55,56)/b34-32+. The molecule has 1 heterocycles. The highest BCUT2D eigenvalue weighted by Crippen LogP contribution is 2.26. The van der Waals surface area contributed by atoms with Gasteiger partial charge in [0, 0.05) is 0 Å². The second kappa shape index (κ2) is 37.2. The largest absolute Gasteiger partial charge is 0.397 e.